The highest BCUT2D eigenvalue weighted by molar-refractivity contribution is 5.67. The Bertz CT molecular complexity index is 527. The van der Waals surface area contributed by atoms with Crippen LogP contribution in [0.5, 0.6) is 0 Å². The first kappa shape index (κ1) is 15.6. The van der Waals surface area contributed by atoms with Crippen LogP contribution < -0.4 is 5.32 Å². The summed E-state index contributed by atoms with van der Waals surface area (Å²) in [5.74, 6) is -0.300. The van der Waals surface area contributed by atoms with Gasteiger partial charge in [0.25, 0.3) is 0 Å². The Morgan fingerprint density at radius 3 is 2.76 bits per heavy atom. The molecule has 1 heterocycles. The number of nitrogens with one attached hydrogen (secondary N) is 1. The lowest BCUT2D eigenvalue weighted by molar-refractivity contribution is 0.0400. The highest BCUT2D eigenvalue weighted by Gasteiger charge is 2.51. The van der Waals surface area contributed by atoms with Gasteiger partial charge in [0.2, 0.25) is 0 Å². The molecular formula is C16H23FN2O2. The van der Waals surface area contributed by atoms with E-state index in [0.29, 0.717) is 18.8 Å². The second kappa shape index (κ2) is 5.54. The monoisotopic (exact) mass is 294 g/mol. The fourth-order valence-corrected chi connectivity index (χ4v) is 3.23. The Morgan fingerprint density at radius 1 is 1.48 bits per heavy atom. The van der Waals surface area contributed by atoms with Gasteiger partial charge >= 0.3 is 6.09 Å². The molecule has 2 rings (SSSR count). The van der Waals surface area contributed by atoms with Crippen molar-refractivity contribution >= 4 is 11.8 Å². The first-order chi connectivity index (χ1) is 9.76. The Morgan fingerprint density at radius 2 is 2.19 bits per heavy atom. The molecule has 1 aromatic carbocycles. The number of nitrogens with zero attached hydrogens (tertiary/aromatic N) is 1. The number of hydrogen-bond donors (Lipinski definition) is 2. The van der Waals surface area contributed by atoms with Crippen molar-refractivity contribution in [2.75, 3.05) is 18.4 Å². The van der Waals surface area contributed by atoms with Crippen LogP contribution in [0.4, 0.5) is 14.9 Å². The van der Waals surface area contributed by atoms with E-state index >= 15 is 0 Å². The summed E-state index contributed by atoms with van der Waals surface area (Å²) in [5.41, 5.74) is -0.0104. The molecule has 1 amide bonds. The van der Waals surface area contributed by atoms with Crippen LogP contribution in [0.1, 0.15) is 33.6 Å². The number of benzene rings is 1. The summed E-state index contributed by atoms with van der Waals surface area (Å²) < 4.78 is 13.3. The lowest BCUT2D eigenvalue weighted by atomic mass is 9.71. The van der Waals surface area contributed by atoms with Gasteiger partial charge in [0.05, 0.1) is 5.54 Å². The Hall–Kier alpha value is -1.78. The highest BCUT2D eigenvalue weighted by Crippen LogP contribution is 2.43. The maximum Gasteiger partial charge on any atom is 0.407 e. The minimum Gasteiger partial charge on any atom is -0.465 e. The summed E-state index contributed by atoms with van der Waals surface area (Å²) in [6.45, 7) is 7.20. The van der Waals surface area contributed by atoms with Crippen LogP contribution in [-0.4, -0.2) is 34.7 Å². The van der Waals surface area contributed by atoms with Crippen LogP contribution in [0.25, 0.3) is 0 Å². The molecule has 5 heteroatoms. The van der Waals surface area contributed by atoms with E-state index in [1.807, 2.05) is 0 Å². The fraction of sp³-hybridized carbons (Fsp3) is 0.562. The van der Waals surface area contributed by atoms with Crippen molar-refractivity contribution in [1.82, 2.24) is 4.90 Å². The van der Waals surface area contributed by atoms with Crippen LogP contribution in [0, 0.1) is 11.2 Å². The van der Waals surface area contributed by atoms with E-state index in [1.165, 1.54) is 12.1 Å². The van der Waals surface area contributed by atoms with Gasteiger partial charge in [-0.3, -0.25) is 0 Å². The molecule has 116 valence electrons. The van der Waals surface area contributed by atoms with Crippen molar-refractivity contribution in [3.05, 3.63) is 30.1 Å². The number of hydrogen-bond acceptors (Lipinski definition) is 2. The summed E-state index contributed by atoms with van der Waals surface area (Å²) in [4.78, 5) is 13.1. The molecule has 1 saturated heterocycles. The number of amides is 1. The van der Waals surface area contributed by atoms with Crippen molar-refractivity contribution in [1.29, 1.82) is 0 Å². The topological polar surface area (TPSA) is 52.6 Å². The van der Waals surface area contributed by atoms with E-state index in [2.05, 4.69) is 26.1 Å². The van der Waals surface area contributed by atoms with Gasteiger partial charge in [-0.1, -0.05) is 26.8 Å². The molecule has 4 nitrogen and oxygen atoms in total. The van der Waals surface area contributed by atoms with Gasteiger partial charge in [-0.15, -0.1) is 0 Å². The maximum atomic E-state index is 13.3. The van der Waals surface area contributed by atoms with Crippen molar-refractivity contribution < 1.29 is 14.3 Å². The number of anilines is 1. The second-order valence-corrected chi connectivity index (χ2v) is 6.68. The summed E-state index contributed by atoms with van der Waals surface area (Å²) >= 11 is 0. The maximum absolute atomic E-state index is 13.3. The second-order valence-electron chi connectivity index (χ2n) is 6.68. The van der Waals surface area contributed by atoms with E-state index in [4.69, 9.17) is 0 Å². The molecule has 0 aromatic heterocycles. The molecule has 0 bridgehead atoms. The fourth-order valence-electron chi connectivity index (χ4n) is 3.23. The van der Waals surface area contributed by atoms with E-state index in [1.54, 1.807) is 17.0 Å². The SMILES string of the molecule is CC(C)(C)[C@@]1(CNc2cccc(F)c2)CCCN1C(=O)O. The number of halogens is 1. The standard InChI is InChI=1S/C16H23FN2O2/c1-15(2,3)16(8-5-9-19(16)14(20)21)11-18-13-7-4-6-12(17)10-13/h4,6-7,10,18H,5,8-9,11H2,1-3H3,(H,20,21)/t16-/m0/s1. The molecule has 1 aliphatic rings. The molecule has 1 aromatic rings. The van der Waals surface area contributed by atoms with Crippen molar-refractivity contribution in [3.8, 4) is 0 Å². The zero-order valence-corrected chi connectivity index (χ0v) is 12.8. The van der Waals surface area contributed by atoms with Crippen LogP contribution in [0.15, 0.2) is 24.3 Å². The Labute approximate surface area is 125 Å². The van der Waals surface area contributed by atoms with Crippen molar-refractivity contribution in [2.24, 2.45) is 5.41 Å². The number of carbonyl (C=O) groups is 1. The number of rotatable bonds is 3. The molecule has 0 radical (unpaired) electrons. The molecule has 1 atom stereocenters. The predicted molar refractivity (Wildman–Crippen MR) is 81.0 cm³/mol. The third-order valence-electron chi connectivity index (χ3n) is 4.53. The largest absolute Gasteiger partial charge is 0.465 e. The van der Waals surface area contributed by atoms with E-state index in [9.17, 15) is 14.3 Å². The lowest BCUT2D eigenvalue weighted by Gasteiger charge is -2.47. The molecule has 1 fully saturated rings. The van der Waals surface area contributed by atoms with E-state index in [-0.39, 0.29) is 11.2 Å². The molecule has 0 unspecified atom stereocenters. The van der Waals surface area contributed by atoms with Gasteiger partial charge in [-0.05, 0) is 36.5 Å². The average Bonchev–Trinajstić information content (AvgIpc) is 2.81. The Kier molecular flexibility index (Phi) is 4.12. The van der Waals surface area contributed by atoms with Gasteiger partial charge in [-0.2, -0.15) is 0 Å². The lowest BCUT2D eigenvalue weighted by Crippen LogP contribution is -2.59. The van der Waals surface area contributed by atoms with Crippen LogP contribution >= 0.6 is 0 Å². The molecule has 0 saturated carbocycles. The minimum atomic E-state index is -0.886. The summed E-state index contributed by atoms with van der Waals surface area (Å²) in [5, 5.41) is 12.7. The van der Waals surface area contributed by atoms with Crippen molar-refractivity contribution in [3.63, 3.8) is 0 Å². The summed E-state index contributed by atoms with van der Waals surface area (Å²) in [7, 11) is 0. The van der Waals surface area contributed by atoms with Crippen LogP contribution in [-0.2, 0) is 0 Å². The Balaban J connectivity index is 2.24. The van der Waals surface area contributed by atoms with E-state index < -0.39 is 11.6 Å². The van der Waals surface area contributed by atoms with E-state index in [0.717, 1.165) is 12.8 Å². The van der Waals surface area contributed by atoms with Crippen molar-refractivity contribution in [2.45, 2.75) is 39.2 Å². The average molecular weight is 294 g/mol. The van der Waals surface area contributed by atoms with Gasteiger partial charge < -0.3 is 15.3 Å². The molecule has 21 heavy (non-hydrogen) atoms. The first-order valence-electron chi connectivity index (χ1n) is 7.26. The number of carboxylic acid groups (broad SMARTS) is 1. The van der Waals surface area contributed by atoms with Gasteiger partial charge in [0, 0.05) is 18.8 Å². The summed E-state index contributed by atoms with van der Waals surface area (Å²) in [6.07, 6.45) is 0.781. The zero-order chi connectivity index (χ0) is 15.7. The third kappa shape index (κ3) is 2.96. The van der Waals surface area contributed by atoms with Gasteiger partial charge in [0.1, 0.15) is 5.82 Å². The number of likely N-dealkylation sites (tertiary alicyclic amines) is 1. The molecule has 1 aliphatic heterocycles. The molecule has 0 spiro atoms. The van der Waals surface area contributed by atoms with Gasteiger partial charge in [0.15, 0.2) is 0 Å². The third-order valence-corrected chi connectivity index (χ3v) is 4.53. The minimum absolute atomic E-state index is 0.206. The van der Waals surface area contributed by atoms with Crippen LogP contribution in [0.2, 0.25) is 0 Å². The first-order valence-corrected chi connectivity index (χ1v) is 7.26. The summed E-state index contributed by atoms with van der Waals surface area (Å²) in [6, 6.07) is 6.25. The quantitative estimate of drug-likeness (QED) is 0.891. The molecule has 0 aliphatic carbocycles. The molecular weight excluding hydrogens is 271 g/mol. The molecule has 2 N–H and O–H groups in total. The predicted octanol–water partition coefficient (Wildman–Crippen LogP) is 3.80. The smallest absolute Gasteiger partial charge is 0.407 e. The zero-order valence-electron chi connectivity index (χ0n) is 12.8. The van der Waals surface area contributed by atoms with Gasteiger partial charge in [-0.25, -0.2) is 9.18 Å². The van der Waals surface area contributed by atoms with Crippen LogP contribution in [0.3, 0.4) is 0 Å². The highest BCUT2D eigenvalue weighted by atomic mass is 19.1. The normalized spacial score (nSPS) is 22.4.